The molecule has 0 aromatic heterocycles. The van der Waals surface area contributed by atoms with Gasteiger partial charge in [-0.15, -0.1) is 0 Å². The summed E-state index contributed by atoms with van der Waals surface area (Å²) in [6.07, 6.45) is 1.41. The summed E-state index contributed by atoms with van der Waals surface area (Å²) in [7, 11) is 0. The maximum atomic E-state index is 12.0. The number of carboxylic acid groups (broad SMARTS) is 1. The molecule has 2 rings (SSSR count). The highest BCUT2D eigenvalue weighted by molar-refractivity contribution is 5.86. The van der Waals surface area contributed by atoms with E-state index in [2.05, 4.69) is 0 Å². The van der Waals surface area contributed by atoms with Crippen molar-refractivity contribution < 1.29 is 9.90 Å². The molecule has 0 bridgehead atoms. The van der Waals surface area contributed by atoms with Crippen molar-refractivity contribution in [2.45, 2.75) is 25.2 Å². The van der Waals surface area contributed by atoms with Crippen molar-refractivity contribution in [1.29, 1.82) is 0 Å². The zero-order valence-corrected chi connectivity index (χ0v) is 11.0. The second-order valence-corrected chi connectivity index (χ2v) is 4.69. The van der Waals surface area contributed by atoms with E-state index in [1.54, 1.807) is 0 Å². The largest absolute Gasteiger partial charge is 0.480 e. The van der Waals surface area contributed by atoms with Crippen LogP contribution in [-0.4, -0.2) is 11.1 Å². The highest BCUT2D eigenvalue weighted by atomic mass is 16.4. The van der Waals surface area contributed by atoms with Gasteiger partial charge in [-0.3, -0.25) is 4.79 Å². The van der Waals surface area contributed by atoms with E-state index < -0.39 is 11.4 Å². The van der Waals surface area contributed by atoms with Gasteiger partial charge >= 0.3 is 5.97 Å². The molecule has 0 aliphatic carbocycles. The molecule has 2 heteroatoms. The third-order valence-corrected chi connectivity index (χ3v) is 3.52. The van der Waals surface area contributed by atoms with Gasteiger partial charge in [0.25, 0.3) is 0 Å². The van der Waals surface area contributed by atoms with Crippen LogP contribution in [0.2, 0.25) is 0 Å². The lowest BCUT2D eigenvalue weighted by Crippen LogP contribution is -2.37. The highest BCUT2D eigenvalue weighted by Crippen LogP contribution is 2.37. The van der Waals surface area contributed by atoms with Crippen molar-refractivity contribution in [3.8, 4) is 0 Å². The van der Waals surface area contributed by atoms with Crippen molar-refractivity contribution in [3.05, 3.63) is 71.8 Å². The van der Waals surface area contributed by atoms with E-state index in [1.807, 2.05) is 67.6 Å². The van der Waals surface area contributed by atoms with Gasteiger partial charge in [0.1, 0.15) is 5.41 Å². The van der Waals surface area contributed by atoms with Gasteiger partial charge in [0, 0.05) is 0 Å². The van der Waals surface area contributed by atoms with E-state index in [9.17, 15) is 9.90 Å². The van der Waals surface area contributed by atoms with Crippen LogP contribution in [0.5, 0.6) is 0 Å². The Bertz CT molecular complexity index is 492. The van der Waals surface area contributed by atoms with Crippen LogP contribution in [0, 0.1) is 0 Å². The van der Waals surface area contributed by atoms with Crippen LogP contribution in [0.25, 0.3) is 0 Å². The molecule has 0 fully saturated rings. The number of carbonyl (C=O) groups is 1. The lowest BCUT2D eigenvalue weighted by molar-refractivity contribution is -0.142. The molecule has 0 amide bonds. The molecule has 0 unspecified atom stereocenters. The second kappa shape index (κ2) is 5.70. The maximum absolute atomic E-state index is 12.0. The van der Waals surface area contributed by atoms with Gasteiger partial charge in [-0.25, -0.2) is 0 Å². The minimum Gasteiger partial charge on any atom is -0.480 e. The Hall–Kier alpha value is -2.09. The molecule has 0 aliphatic rings. The van der Waals surface area contributed by atoms with Crippen LogP contribution in [0.3, 0.4) is 0 Å². The monoisotopic (exact) mass is 254 g/mol. The molecule has 98 valence electrons. The van der Waals surface area contributed by atoms with Crippen LogP contribution in [0.15, 0.2) is 60.7 Å². The van der Waals surface area contributed by atoms with E-state index in [-0.39, 0.29) is 0 Å². The molecule has 2 aromatic carbocycles. The maximum Gasteiger partial charge on any atom is 0.318 e. The van der Waals surface area contributed by atoms with Crippen LogP contribution < -0.4 is 0 Å². The first kappa shape index (κ1) is 13.3. The van der Waals surface area contributed by atoms with Gasteiger partial charge in [-0.2, -0.15) is 0 Å². The fourth-order valence-corrected chi connectivity index (χ4v) is 2.63. The minimum atomic E-state index is -0.947. The number of hydrogen-bond donors (Lipinski definition) is 1. The molecule has 2 aromatic rings. The number of rotatable bonds is 5. The normalized spacial score (nSPS) is 11.2. The van der Waals surface area contributed by atoms with E-state index in [0.29, 0.717) is 6.42 Å². The van der Waals surface area contributed by atoms with Crippen LogP contribution >= 0.6 is 0 Å². The number of benzene rings is 2. The Morgan fingerprint density at radius 3 is 1.68 bits per heavy atom. The molecule has 0 radical (unpaired) electrons. The quantitative estimate of drug-likeness (QED) is 0.879. The van der Waals surface area contributed by atoms with E-state index in [1.165, 1.54) is 0 Å². The average molecular weight is 254 g/mol. The van der Waals surface area contributed by atoms with Crippen molar-refractivity contribution in [1.82, 2.24) is 0 Å². The number of carboxylic acids is 1. The predicted octanol–water partition coefficient (Wildman–Crippen LogP) is 3.86. The SMILES string of the molecule is CCCC(C(=O)O)(c1ccccc1)c1ccccc1. The summed E-state index contributed by atoms with van der Waals surface area (Å²) in [4.78, 5) is 12.0. The molecule has 1 N–H and O–H groups in total. The Morgan fingerprint density at radius 2 is 1.37 bits per heavy atom. The van der Waals surface area contributed by atoms with E-state index >= 15 is 0 Å². The van der Waals surface area contributed by atoms with Crippen molar-refractivity contribution in [3.63, 3.8) is 0 Å². The molecule has 0 aliphatic heterocycles. The first-order valence-electron chi connectivity index (χ1n) is 6.56. The average Bonchev–Trinajstić information content (AvgIpc) is 2.46. The van der Waals surface area contributed by atoms with Crippen molar-refractivity contribution in [2.75, 3.05) is 0 Å². The second-order valence-electron chi connectivity index (χ2n) is 4.69. The predicted molar refractivity (Wildman–Crippen MR) is 76.2 cm³/mol. The summed E-state index contributed by atoms with van der Waals surface area (Å²) in [5.74, 6) is -0.785. The zero-order chi connectivity index (χ0) is 13.7. The summed E-state index contributed by atoms with van der Waals surface area (Å²) in [6, 6.07) is 19.0. The van der Waals surface area contributed by atoms with Crippen LogP contribution in [0.4, 0.5) is 0 Å². The molecule has 19 heavy (non-hydrogen) atoms. The molecule has 0 saturated heterocycles. The van der Waals surface area contributed by atoms with E-state index in [4.69, 9.17) is 0 Å². The lowest BCUT2D eigenvalue weighted by atomic mass is 9.71. The Balaban J connectivity index is 2.65. The molecular weight excluding hydrogens is 236 g/mol. The fourth-order valence-electron chi connectivity index (χ4n) is 2.63. The smallest absolute Gasteiger partial charge is 0.318 e. The van der Waals surface area contributed by atoms with Crippen molar-refractivity contribution >= 4 is 5.97 Å². The number of hydrogen-bond acceptors (Lipinski definition) is 1. The standard InChI is InChI=1S/C17H18O2/c1-2-13-17(16(18)19,14-9-5-3-6-10-14)15-11-7-4-8-12-15/h3-12H,2,13H2,1H3,(H,18,19). The first-order chi connectivity index (χ1) is 9.21. The lowest BCUT2D eigenvalue weighted by Gasteiger charge is -2.30. The van der Waals surface area contributed by atoms with Gasteiger partial charge in [0.15, 0.2) is 0 Å². The molecular formula is C17H18O2. The van der Waals surface area contributed by atoms with Crippen molar-refractivity contribution in [2.24, 2.45) is 0 Å². The van der Waals surface area contributed by atoms with Gasteiger partial charge in [-0.05, 0) is 17.5 Å². The first-order valence-corrected chi connectivity index (χ1v) is 6.56. The summed E-state index contributed by atoms with van der Waals surface area (Å²) < 4.78 is 0. The minimum absolute atomic E-state index is 0.594. The molecule has 0 atom stereocenters. The van der Waals surface area contributed by atoms with E-state index in [0.717, 1.165) is 17.5 Å². The van der Waals surface area contributed by atoms with Gasteiger partial charge in [0.05, 0.1) is 0 Å². The topological polar surface area (TPSA) is 37.3 Å². The Morgan fingerprint density at radius 1 is 0.947 bits per heavy atom. The van der Waals surface area contributed by atoms with Gasteiger partial charge < -0.3 is 5.11 Å². The third kappa shape index (κ3) is 2.39. The Labute approximate surface area is 113 Å². The zero-order valence-electron chi connectivity index (χ0n) is 11.0. The third-order valence-electron chi connectivity index (χ3n) is 3.52. The molecule has 0 saturated carbocycles. The summed E-state index contributed by atoms with van der Waals surface area (Å²) in [5, 5.41) is 9.86. The number of aliphatic carboxylic acids is 1. The Kier molecular flexibility index (Phi) is 4.00. The molecule has 0 heterocycles. The van der Waals surface area contributed by atoms with Crippen LogP contribution in [0.1, 0.15) is 30.9 Å². The molecule has 0 spiro atoms. The highest BCUT2D eigenvalue weighted by Gasteiger charge is 2.41. The fraction of sp³-hybridized carbons (Fsp3) is 0.235. The van der Waals surface area contributed by atoms with Crippen LogP contribution in [-0.2, 0) is 10.2 Å². The van der Waals surface area contributed by atoms with Gasteiger partial charge in [-0.1, -0.05) is 74.0 Å². The molecule has 2 nitrogen and oxygen atoms in total. The summed E-state index contributed by atoms with van der Waals surface area (Å²) >= 11 is 0. The summed E-state index contributed by atoms with van der Waals surface area (Å²) in [6.45, 7) is 2.02. The van der Waals surface area contributed by atoms with Gasteiger partial charge in [0.2, 0.25) is 0 Å². The summed E-state index contributed by atoms with van der Waals surface area (Å²) in [5.41, 5.74) is 0.739.